The number of imidazole rings is 1. The first-order valence-corrected chi connectivity index (χ1v) is 9.19. The molecule has 28 heavy (non-hydrogen) atoms. The Balaban J connectivity index is 0.00000225. The van der Waals surface area contributed by atoms with Crippen LogP contribution in [-0.4, -0.2) is 16.0 Å². The summed E-state index contributed by atoms with van der Waals surface area (Å²) in [6.07, 6.45) is 0. The third-order valence-electron chi connectivity index (χ3n) is 4.57. The number of hydrogen-bond acceptors (Lipinski definition) is 2. The smallest absolute Gasteiger partial charge is 0.284 e. The molecule has 0 amide bonds. The molecule has 0 unspecified atom stereocenters. The number of carbonyl (C=O) groups excluding carboxylic acids is 1. The molecule has 0 fully saturated rings. The van der Waals surface area contributed by atoms with Gasteiger partial charge in [0, 0.05) is 23.9 Å². The van der Waals surface area contributed by atoms with E-state index in [1.807, 2.05) is 48.5 Å². The molecular formula is C23H24ClN3O. The zero-order valence-electron chi connectivity index (χ0n) is 16.5. The maximum atomic E-state index is 12.7. The van der Waals surface area contributed by atoms with E-state index in [-0.39, 0.29) is 23.9 Å². The van der Waals surface area contributed by atoms with Gasteiger partial charge in [-0.25, -0.2) is 0 Å². The standard InChI is InChI=1S/C23H24N3O.ClH/c1-16(27)25-20-15-14-17-10-8-9-13-19(17)26(20)22(24-23(2,3)4)21(25)18-11-6-5-7-12-18;/h5-15,24H,1-4H3;1H/q+1;/p-1. The van der Waals surface area contributed by atoms with Crippen molar-refractivity contribution in [3.63, 3.8) is 0 Å². The molecule has 0 spiro atoms. The fourth-order valence-electron chi connectivity index (χ4n) is 3.58. The molecule has 0 bridgehead atoms. The number of nitrogens with one attached hydrogen (secondary N) is 1. The van der Waals surface area contributed by atoms with Crippen LogP contribution in [0, 0.1) is 0 Å². The Kier molecular flexibility index (Phi) is 5.18. The monoisotopic (exact) mass is 393 g/mol. The number of pyridine rings is 1. The van der Waals surface area contributed by atoms with Crippen LogP contribution in [0.4, 0.5) is 5.82 Å². The summed E-state index contributed by atoms with van der Waals surface area (Å²) in [5.74, 6) is 0.916. The number of anilines is 1. The van der Waals surface area contributed by atoms with E-state index in [9.17, 15) is 4.79 Å². The summed E-state index contributed by atoms with van der Waals surface area (Å²) in [7, 11) is 0. The number of fused-ring (bicyclic) bond motifs is 3. The molecule has 5 heteroatoms. The molecule has 2 aromatic carbocycles. The van der Waals surface area contributed by atoms with E-state index in [0.717, 1.165) is 33.6 Å². The number of aromatic nitrogens is 2. The molecule has 0 aliphatic heterocycles. The second kappa shape index (κ2) is 7.28. The van der Waals surface area contributed by atoms with Crippen molar-refractivity contribution < 1.29 is 21.6 Å². The van der Waals surface area contributed by atoms with Crippen LogP contribution in [0.5, 0.6) is 0 Å². The second-order valence-electron chi connectivity index (χ2n) is 7.88. The number of nitrogens with zero attached hydrogens (tertiary/aromatic N) is 2. The predicted molar refractivity (Wildman–Crippen MR) is 110 cm³/mol. The Morgan fingerprint density at radius 1 is 0.929 bits per heavy atom. The third kappa shape index (κ3) is 3.36. The molecule has 4 aromatic rings. The van der Waals surface area contributed by atoms with Crippen LogP contribution < -0.4 is 22.1 Å². The molecule has 0 radical (unpaired) electrons. The molecule has 2 heterocycles. The minimum Gasteiger partial charge on any atom is -1.00 e. The highest BCUT2D eigenvalue weighted by Gasteiger charge is 2.31. The van der Waals surface area contributed by atoms with Crippen LogP contribution in [-0.2, 0) is 0 Å². The van der Waals surface area contributed by atoms with E-state index < -0.39 is 0 Å². The van der Waals surface area contributed by atoms with Crippen molar-refractivity contribution in [3.05, 3.63) is 66.7 Å². The molecule has 0 aliphatic carbocycles. The summed E-state index contributed by atoms with van der Waals surface area (Å²) in [5.41, 5.74) is 3.65. The van der Waals surface area contributed by atoms with Crippen molar-refractivity contribution in [2.45, 2.75) is 33.2 Å². The molecule has 144 valence electrons. The zero-order chi connectivity index (χ0) is 19.2. The number of hydrogen-bond donors (Lipinski definition) is 1. The van der Waals surface area contributed by atoms with Gasteiger partial charge in [-0.2, -0.15) is 8.97 Å². The first-order valence-electron chi connectivity index (χ1n) is 9.19. The van der Waals surface area contributed by atoms with Gasteiger partial charge in [-0.15, -0.1) is 0 Å². The largest absolute Gasteiger partial charge is 1.00 e. The van der Waals surface area contributed by atoms with Gasteiger partial charge in [-0.3, -0.25) is 10.1 Å². The lowest BCUT2D eigenvalue weighted by molar-refractivity contribution is -0.464. The van der Waals surface area contributed by atoms with Crippen molar-refractivity contribution in [2.75, 3.05) is 5.32 Å². The number of rotatable bonds is 2. The number of para-hydroxylation sites is 1. The lowest BCUT2D eigenvalue weighted by Gasteiger charge is -2.17. The maximum absolute atomic E-state index is 12.7. The van der Waals surface area contributed by atoms with Crippen molar-refractivity contribution >= 4 is 28.3 Å². The van der Waals surface area contributed by atoms with Crippen LogP contribution in [0.2, 0.25) is 0 Å². The Bertz CT molecular complexity index is 1160. The van der Waals surface area contributed by atoms with Crippen LogP contribution in [0.3, 0.4) is 0 Å². The summed E-state index contributed by atoms with van der Waals surface area (Å²) in [4.78, 5) is 12.7. The summed E-state index contributed by atoms with van der Waals surface area (Å²) >= 11 is 0. The number of halogens is 1. The molecule has 4 rings (SSSR count). The van der Waals surface area contributed by atoms with E-state index in [0.29, 0.717) is 0 Å². The van der Waals surface area contributed by atoms with Gasteiger partial charge in [-0.05, 0) is 32.9 Å². The average Bonchev–Trinajstić information content (AvgIpc) is 2.95. The van der Waals surface area contributed by atoms with Crippen molar-refractivity contribution in [3.8, 4) is 11.3 Å². The molecule has 0 atom stereocenters. The van der Waals surface area contributed by atoms with Gasteiger partial charge in [0.1, 0.15) is 5.52 Å². The van der Waals surface area contributed by atoms with Crippen molar-refractivity contribution in [1.82, 2.24) is 4.57 Å². The van der Waals surface area contributed by atoms with Crippen LogP contribution >= 0.6 is 0 Å². The first kappa shape index (κ1) is 19.9. The average molecular weight is 394 g/mol. The molecular weight excluding hydrogens is 370 g/mol. The molecule has 1 N–H and O–H groups in total. The molecule has 0 saturated carbocycles. The van der Waals surface area contributed by atoms with Crippen molar-refractivity contribution in [1.29, 1.82) is 0 Å². The number of benzene rings is 2. The Morgan fingerprint density at radius 2 is 1.57 bits per heavy atom. The van der Waals surface area contributed by atoms with Gasteiger partial charge in [0.2, 0.25) is 5.65 Å². The SMILES string of the molecule is CC(=O)n1c(-c2ccccc2)c(NC(C)(C)C)[n+]2c3ccccc3ccc12.[Cl-]. The van der Waals surface area contributed by atoms with E-state index in [1.54, 1.807) is 11.5 Å². The van der Waals surface area contributed by atoms with Crippen LogP contribution in [0.1, 0.15) is 32.5 Å². The third-order valence-corrected chi connectivity index (χ3v) is 4.57. The van der Waals surface area contributed by atoms with Gasteiger partial charge in [0.05, 0.1) is 5.54 Å². The van der Waals surface area contributed by atoms with Gasteiger partial charge >= 0.3 is 0 Å². The lowest BCUT2D eigenvalue weighted by Crippen LogP contribution is -3.00. The molecule has 4 nitrogen and oxygen atoms in total. The van der Waals surface area contributed by atoms with Gasteiger partial charge in [-0.1, -0.05) is 48.5 Å². The van der Waals surface area contributed by atoms with Gasteiger partial charge in [0.25, 0.3) is 11.7 Å². The maximum Gasteiger partial charge on any atom is 0.284 e. The highest BCUT2D eigenvalue weighted by molar-refractivity contribution is 5.91. The van der Waals surface area contributed by atoms with E-state index in [1.165, 1.54) is 0 Å². The molecule has 0 aliphatic rings. The highest BCUT2D eigenvalue weighted by atomic mass is 35.5. The molecule has 2 aromatic heterocycles. The minimum absolute atomic E-state index is 0. The first-order chi connectivity index (χ1) is 12.9. The fraction of sp³-hybridized carbons (Fsp3) is 0.217. The highest BCUT2D eigenvalue weighted by Crippen LogP contribution is 2.31. The topological polar surface area (TPSA) is 38.1 Å². The molecule has 0 saturated heterocycles. The van der Waals surface area contributed by atoms with Crippen LogP contribution in [0.15, 0.2) is 66.7 Å². The summed E-state index contributed by atoms with van der Waals surface area (Å²) in [6, 6.07) is 22.4. The Hall–Kier alpha value is -2.85. The predicted octanol–water partition coefficient (Wildman–Crippen LogP) is 1.92. The fourth-order valence-corrected chi connectivity index (χ4v) is 3.58. The van der Waals surface area contributed by atoms with E-state index in [4.69, 9.17) is 0 Å². The van der Waals surface area contributed by atoms with Crippen molar-refractivity contribution in [2.24, 2.45) is 0 Å². The minimum atomic E-state index is -0.163. The number of carbonyl (C=O) groups is 1. The normalized spacial score (nSPS) is 11.4. The quantitative estimate of drug-likeness (QED) is 0.528. The van der Waals surface area contributed by atoms with E-state index in [2.05, 4.69) is 48.7 Å². The van der Waals surface area contributed by atoms with Gasteiger partial charge in [0.15, 0.2) is 5.69 Å². The summed E-state index contributed by atoms with van der Waals surface area (Å²) in [6.45, 7) is 8.00. The summed E-state index contributed by atoms with van der Waals surface area (Å²) < 4.78 is 3.96. The van der Waals surface area contributed by atoms with Crippen LogP contribution in [0.25, 0.3) is 27.8 Å². The summed E-state index contributed by atoms with van der Waals surface area (Å²) in [5, 5.41) is 4.78. The zero-order valence-corrected chi connectivity index (χ0v) is 17.3. The lowest BCUT2D eigenvalue weighted by atomic mass is 10.1. The second-order valence-corrected chi connectivity index (χ2v) is 7.88. The van der Waals surface area contributed by atoms with Gasteiger partial charge < -0.3 is 12.4 Å². The Labute approximate surface area is 171 Å². The Morgan fingerprint density at radius 3 is 2.21 bits per heavy atom. The van der Waals surface area contributed by atoms with E-state index >= 15 is 0 Å².